The fourth-order valence-corrected chi connectivity index (χ4v) is 5.44. The largest absolute Gasteiger partial charge is 0.336 e. The van der Waals surface area contributed by atoms with Crippen molar-refractivity contribution in [3.63, 3.8) is 0 Å². The molecule has 158 valence electrons. The van der Waals surface area contributed by atoms with E-state index in [-0.39, 0.29) is 34.4 Å². The van der Waals surface area contributed by atoms with Crippen molar-refractivity contribution >= 4 is 39.1 Å². The molecule has 2 fully saturated rings. The van der Waals surface area contributed by atoms with Crippen LogP contribution in [-0.4, -0.2) is 62.0 Å². The van der Waals surface area contributed by atoms with Gasteiger partial charge in [0.05, 0.1) is 22.0 Å². The van der Waals surface area contributed by atoms with E-state index in [9.17, 15) is 18.0 Å². The Morgan fingerprint density at radius 1 is 1.00 bits per heavy atom. The Kier molecular flexibility index (Phi) is 5.81. The number of hydrogen-bond donors (Lipinski definition) is 0. The van der Waals surface area contributed by atoms with Crippen molar-refractivity contribution < 1.29 is 18.0 Å². The van der Waals surface area contributed by atoms with Gasteiger partial charge in [-0.25, -0.2) is 12.7 Å². The summed E-state index contributed by atoms with van der Waals surface area (Å²) in [6.07, 6.45) is -0.0579. The van der Waals surface area contributed by atoms with Gasteiger partial charge in [-0.3, -0.25) is 14.5 Å². The Labute approximate surface area is 180 Å². The second-order valence-corrected chi connectivity index (χ2v) is 9.79. The number of benzene rings is 2. The molecule has 7 nitrogen and oxygen atoms in total. The lowest BCUT2D eigenvalue weighted by Gasteiger charge is -2.35. The summed E-state index contributed by atoms with van der Waals surface area (Å²) in [6, 6.07) is 14.5. The Morgan fingerprint density at radius 2 is 1.70 bits per heavy atom. The van der Waals surface area contributed by atoms with Gasteiger partial charge in [-0.05, 0) is 23.8 Å². The first-order chi connectivity index (χ1) is 14.3. The molecular weight excluding hydrogens is 426 g/mol. The molecule has 0 N–H and O–H groups in total. The van der Waals surface area contributed by atoms with E-state index in [1.807, 2.05) is 18.2 Å². The summed E-state index contributed by atoms with van der Waals surface area (Å²) in [4.78, 5) is 29.1. The first kappa shape index (κ1) is 20.8. The van der Waals surface area contributed by atoms with Crippen LogP contribution >= 0.6 is 11.6 Å². The highest BCUT2D eigenvalue weighted by molar-refractivity contribution is 7.94. The highest BCUT2D eigenvalue weighted by Crippen LogP contribution is 2.30. The molecule has 2 heterocycles. The van der Waals surface area contributed by atoms with Crippen LogP contribution in [0.3, 0.4) is 0 Å². The summed E-state index contributed by atoms with van der Waals surface area (Å²) in [5, 5.41) is 0.236. The molecule has 2 amide bonds. The number of halogens is 1. The molecule has 0 radical (unpaired) electrons. The van der Waals surface area contributed by atoms with Gasteiger partial charge in [-0.1, -0.05) is 41.9 Å². The predicted molar refractivity (Wildman–Crippen MR) is 115 cm³/mol. The first-order valence-electron chi connectivity index (χ1n) is 9.76. The summed E-state index contributed by atoms with van der Waals surface area (Å²) in [7, 11) is -3.70. The molecule has 30 heavy (non-hydrogen) atoms. The van der Waals surface area contributed by atoms with E-state index in [1.165, 1.54) is 23.8 Å². The molecule has 2 aromatic carbocycles. The van der Waals surface area contributed by atoms with Crippen molar-refractivity contribution in [3.8, 4) is 0 Å². The molecule has 0 unspecified atom stereocenters. The lowest BCUT2D eigenvalue weighted by Crippen LogP contribution is -2.48. The van der Waals surface area contributed by atoms with Crippen molar-refractivity contribution in [2.45, 2.75) is 13.0 Å². The van der Waals surface area contributed by atoms with Crippen molar-refractivity contribution in [1.29, 1.82) is 0 Å². The molecule has 2 aliphatic heterocycles. The predicted octanol–water partition coefficient (Wildman–Crippen LogP) is 2.36. The maximum absolute atomic E-state index is 13.1. The van der Waals surface area contributed by atoms with E-state index in [1.54, 1.807) is 4.90 Å². The van der Waals surface area contributed by atoms with Gasteiger partial charge < -0.3 is 4.90 Å². The monoisotopic (exact) mass is 447 g/mol. The number of anilines is 1. The van der Waals surface area contributed by atoms with E-state index in [2.05, 4.69) is 17.0 Å². The van der Waals surface area contributed by atoms with E-state index in [4.69, 9.17) is 11.6 Å². The molecule has 0 aliphatic carbocycles. The van der Waals surface area contributed by atoms with E-state index < -0.39 is 15.9 Å². The van der Waals surface area contributed by atoms with E-state index in [0.29, 0.717) is 13.1 Å². The SMILES string of the molecule is O=C(c1cc(N2C(=O)CCS2(=O)=O)ccc1Cl)N1CCN(Cc2ccccc2)CC1. The van der Waals surface area contributed by atoms with Crippen LogP contribution in [0.15, 0.2) is 48.5 Å². The third-order valence-corrected chi connectivity index (χ3v) is 7.42. The summed E-state index contributed by atoms with van der Waals surface area (Å²) in [6.45, 7) is 3.39. The van der Waals surface area contributed by atoms with Crippen LogP contribution in [0.5, 0.6) is 0 Å². The third kappa shape index (κ3) is 4.21. The molecule has 4 rings (SSSR count). The highest BCUT2D eigenvalue weighted by atomic mass is 35.5. The third-order valence-electron chi connectivity index (χ3n) is 5.40. The Bertz CT molecular complexity index is 1070. The molecule has 0 spiro atoms. The second-order valence-electron chi connectivity index (χ2n) is 7.44. The van der Waals surface area contributed by atoms with Gasteiger partial charge in [0.25, 0.3) is 5.91 Å². The zero-order valence-corrected chi connectivity index (χ0v) is 17.9. The summed E-state index contributed by atoms with van der Waals surface area (Å²) < 4.78 is 25.2. The maximum atomic E-state index is 13.1. The second kappa shape index (κ2) is 8.37. The number of carbonyl (C=O) groups excluding carboxylic acids is 2. The smallest absolute Gasteiger partial charge is 0.255 e. The average molecular weight is 448 g/mol. The van der Waals surface area contributed by atoms with Gasteiger partial charge in [0, 0.05) is 39.1 Å². The topological polar surface area (TPSA) is 78.0 Å². The minimum absolute atomic E-state index is 0.0579. The van der Waals surface area contributed by atoms with Gasteiger partial charge in [0.1, 0.15) is 0 Å². The Hall–Kier alpha value is -2.42. The molecule has 0 bridgehead atoms. The van der Waals surface area contributed by atoms with E-state index in [0.717, 1.165) is 23.9 Å². The molecule has 2 aromatic rings. The lowest BCUT2D eigenvalue weighted by atomic mass is 10.1. The molecule has 0 saturated carbocycles. The number of carbonyl (C=O) groups is 2. The molecular formula is C21H22ClN3O4S. The van der Waals surface area contributed by atoms with E-state index >= 15 is 0 Å². The number of rotatable bonds is 4. The summed E-state index contributed by atoms with van der Waals surface area (Å²) >= 11 is 6.25. The molecule has 9 heteroatoms. The maximum Gasteiger partial charge on any atom is 0.255 e. The van der Waals surface area contributed by atoms with Crippen LogP contribution in [0.1, 0.15) is 22.3 Å². The fourth-order valence-electron chi connectivity index (χ4n) is 3.79. The van der Waals surface area contributed by atoms with Crippen molar-refractivity contribution in [3.05, 3.63) is 64.7 Å². The standard InChI is InChI=1S/C21H22ClN3O4S/c22-19-7-6-17(25-20(26)8-13-30(25,28)29)14-18(19)21(27)24-11-9-23(10-12-24)15-16-4-2-1-3-5-16/h1-7,14H,8-13,15H2. The van der Waals surface area contributed by atoms with Crippen molar-refractivity contribution in [2.75, 3.05) is 36.2 Å². The molecule has 2 saturated heterocycles. The summed E-state index contributed by atoms with van der Waals surface area (Å²) in [5.74, 6) is -0.975. The fraction of sp³-hybridized carbons (Fsp3) is 0.333. The van der Waals surface area contributed by atoms with Crippen LogP contribution in [0.2, 0.25) is 5.02 Å². The highest BCUT2D eigenvalue weighted by Gasteiger charge is 2.37. The lowest BCUT2D eigenvalue weighted by molar-refractivity contribution is -0.116. The zero-order valence-electron chi connectivity index (χ0n) is 16.3. The Morgan fingerprint density at radius 3 is 2.33 bits per heavy atom. The van der Waals surface area contributed by atoms with Crippen LogP contribution in [0, 0.1) is 0 Å². The zero-order chi connectivity index (χ0) is 21.3. The van der Waals surface area contributed by atoms with Crippen molar-refractivity contribution in [2.24, 2.45) is 0 Å². The Balaban J connectivity index is 1.47. The van der Waals surface area contributed by atoms with Crippen LogP contribution in [0.25, 0.3) is 0 Å². The minimum atomic E-state index is -3.70. The van der Waals surface area contributed by atoms with Gasteiger partial charge >= 0.3 is 0 Å². The molecule has 0 aromatic heterocycles. The van der Waals surface area contributed by atoms with Crippen molar-refractivity contribution in [1.82, 2.24) is 9.80 Å². The number of nitrogens with zero attached hydrogens (tertiary/aromatic N) is 3. The van der Waals surface area contributed by atoms with Gasteiger partial charge in [-0.2, -0.15) is 0 Å². The van der Waals surface area contributed by atoms with Gasteiger partial charge in [-0.15, -0.1) is 0 Å². The van der Waals surface area contributed by atoms with Crippen LogP contribution < -0.4 is 4.31 Å². The van der Waals surface area contributed by atoms with Crippen LogP contribution in [0.4, 0.5) is 5.69 Å². The first-order valence-corrected chi connectivity index (χ1v) is 11.7. The molecule has 0 atom stereocenters. The summed E-state index contributed by atoms with van der Waals surface area (Å²) in [5.41, 5.74) is 1.60. The quantitative estimate of drug-likeness (QED) is 0.719. The number of sulfonamides is 1. The normalized spacial score (nSPS) is 19.3. The minimum Gasteiger partial charge on any atom is -0.336 e. The van der Waals surface area contributed by atoms with Crippen LogP contribution in [-0.2, 0) is 21.4 Å². The number of hydrogen-bond acceptors (Lipinski definition) is 5. The number of piperazine rings is 1. The molecule has 2 aliphatic rings. The average Bonchev–Trinajstić information content (AvgIpc) is 3.02. The van der Waals surface area contributed by atoms with Gasteiger partial charge in [0.2, 0.25) is 15.9 Å². The number of amides is 2. The van der Waals surface area contributed by atoms with Gasteiger partial charge in [0.15, 0.2) is 0 Å².